The third-order valence-corrected chi connectivity index (χ3v) is 3.08. The van der Waals surface area contributed by atoms with Gasteiger partial charge in [0.2, 0.25) is 0 Å². The van der Waals surface area contributed by atoms with E-state index in [4.69, 9.17) is 15.9 Å². The molecule has 2 rings (SSSR count). The van der Waals surface area contributed by atoms with Crippen molar-refractivity contribution in [3.63, 3.8) is 0 Å². The average Bonchev–Trinajstić information content (AvgIpc) is 2.59. The number of carbonyl (C=O) groups is 2. The number of aliphatic carboxylic acids is 2. The van der Waals surface area contributed by atoms with E-state index in [1.807, 2.05) is 12.1 Å². The molecule has 0 spiro atoms. The summed E-state index contributed by atoms with van der Waals surface area (Å²) in [4.78, 5) is 30.2. The molecule has 0 amide bonds. The van der Waals surface area contributed by atoms with E-state index in [1.54, 1.807) is 18.2 Å². The van der Waals surface area contributed by atoms with Gasteiger partial charge in [-0.2, -0.15) is 0 Å². The second-order valence-electron chi connectivity index (χ2n) is 5.16. The molecule has 8 heteroatoms. The van der Waals surface area contributed by atoms with E-state index < -0.39 is 16.9 Å². The second-order valence-corrected chi connectivity index (χ2v) is 5.16. The van der Waals surface area contributed by atoms with E-state index in [-0.39, 0.29) is 12.1 Å². The van der Waals surface area contributed by atoms with E-state index >= 15 is 0 Å². The highest BCUT2D eigenvalue weighted by Crippen LogP contribution is 2.13. The number of aryl methyl sites for hydroxylation is 1. The first-order chi connectivity index (χ1) is 12.3. The van der Waals surface area contributed by atoms with Gasteiger partial charge in [-0.15, -0.1) is 0 Å². The number of hydrogen-bond donors (Lipinski definition) is 3. The number of carboxylic acids is 2. The van der Waals surface area contributed by atoms with Crippen LogP contribution in [0.15, 0.2) is 54.6 Å². The molecule has 2 aromatic rings. The Hall–Kier alpha value is -3.68. The molecule has 0 aliphatic carbocycles. The maximum atomic E-state index is 10.4. The number of carboxylic acid groups (broad SMARTS) is 2. The third-order valence-electron chi connectivity index (χ3n) is 3.08. The fourth-order valence-electron chi connectivity index (χ4n) is 1.91. The maximum absolute atomic E-state index is 10.4. The molecule has 0 aliphatic heterocycles. The normalized spacial score (nSPS) is 10.0. The van der Waals surface area contributed by atoms with Crippen molar-refractivity contribution in [3.05, 3.63) is 75.8 Å². The van der Waals surface area contributed by atoms with E-state index in [0.717, 1.165) is 11.6 Å². The highest BCUT2D eigenvalue weighted by molar-refractivity contribution is 5.85. The van der Waals surface area contributed by atoms with Crippen molar-refractivity contribution in [3.8, 4) is 0 Å². The van der Waals surface area contributed by atoms with Crippen LogP contribution in [0.2, 0.25) is 0 Å². The third kappa shape index (κ3) is 8.25. The quantitative estimate of drug-likeness (QED) is 0.311. The Morgan fingerprint density at radius 1 is 1.12 bits per heavy atom. The molecule has 0 unspecified atom stereocenters. The number of nitrogen functional groups attached to an aromatic ring is 1. The molecule has 4 N–H and O–H groups in total. The fourth-order valence-corrected chi connectivity index (χ4v) is 1.91. The van der Waals surface area contributed by atoms with Crippen LogP contribution in [0.5, 0.6) is 0 Å². The summed E-state index contributed by atoms with van der Waals surface area (Å²) in [7, 11) is 0. The molecule has 0 saturated carbocycles. The molecular formula is C18H18N2O6. The standard InChI is InChI=1S/C9H7NO4.C9H11NO2/c11-9(12)5-4-7-2-1-3-8(6-7)10(13)14;10-8-3-1-2-7(6-8)4-5-9(11)12/h1-6H,(H,11,12);1-3,6H,4-5,10H2,(H,11,12)/b5-4+;. The largest absolute Gasteiger partial charge is 0.481 e. The summed E-state index contributed by atoms with van der Waals surface area (Å²) in [5.74, 6) is -1.87. The van der Waals surface area contributed by atoms with Gasteiger partial charge in [-0.25, -0.2) is 4.79 Å². The van der Waals surface area contributed by atoms with Gasteiger partial charge in [0.05, 0.1) is 4.92 Å². The summed E-state index contributed by atoms with van der Waals surface area (Å²) < 4.78 is 0. The molecular weight excluding hydrogens is 340 g/mol. The predicted octanol–water partition coefficient (Wildman–Crippen LogP) is 2.98. The minimum absolute atomic E-state index is 0.0578. The van der Waals surface area contributed by atoms with Gasteiger partial charge in [0.1, 0.15) is 0 Å². The minimum Gasteiger partial charge on any atom is -0.481 e. The van der Waals surface area contributed by atoms with E-state index in [9.17, 15) is 19.7 Å². The molecule has 136 valence electrons. The number of nitro groups is 1. The first-order valence-electron chi connectivity index (χ1n) is 7.49. The van der Waals surface area contributed by atoms with Crippen LogP contribution in [-0.4, -0.2) is 27.1 Å². The Kier molecular flexibility index (Phi) is 8.02. The van der Waals surface area contributed by atoms with Crippen LogP contribution in [0.4, 0.5) is 11.4 Å². The van der Waals surface area contributed by atoms with Crippen molar-refractivity contribution in [1.29, 1.82) is 0 Å². The van der Waals surface area contributed by atoms with Crippen LogP contribution in [0.25, 0.3) is 6.08 Å². The monoisotopic (exact) mass is 358 g/mol. The molecule has 0 atom stereocenters. The van der Waals surface area contributed by atoms with Gasteiger partial charge in [0.25, 0.3) is 5.69 Å². The maximum Gasteiger partial charge on any atom is 0.328 e. The number of anilines is 1. The molecule has 0 saturated heterocycles. The van der Waals surface area contributed by atoms with Crippen LogP contribution in [-0.2, 0) is 16.0 Å². The van der Waals surface area contributed by atoms with Gasteiger partial charge in [-0.1, -0.05) is 24.3 Å². The van der Waals surface area contributed by atoms with E-state index in [0.29, 0.717) is 17.7 Å². The van der Waals surface area contributed by atoms with Crippen molar-refractivity contribution < 1.29 is 24.7 Å². The lowest BCUT2D eigenvalue weighted by atomic mass is 10.1. The molecule has 0 bridgehead atoms. The lowest BCUT2D eigenvalue weighted by Crippen LogP contribution is -1.97. The van der Waals surface area contributed by atoms with Gasteiger partial charge >= 0.3 is 11.9 Å². The highest BCUT2D eigenvalue weighted by Gasteiger charge is 2.03. The molecule has 8 nitrogen and oxygen atoms in total. The lowest BCUT2D eigenvalue weighted by Gasteiger charge is -1.98. The van der Waals surface area contributed by atoms with Crippen molar-refractivity contribution >= 4 is 29.4 Å². The van der Waals surface area contributed by atoms with Gasteiger partial charge in [-0.3, -0.25) is 14.9 Å². The smallest absolute Gasteiger partial charge is 0.328 e. The first kappa shape index (κ1) is 20.4. The fraction of sp³-hybridized carbons (Fsp3) is 0.111. The zero-order chi connectivity index (χ0) is 19.5. The zero-order valence-corrected chi connectivity index (χ0v) is 13.7. The Labute approximate surface area is 149 Å². The molecule has 0 aliphatic rings. The lowest BCUT2D eigenvalue weighted by molar-refractivity contribution is -0.384. The Morgan fingerprint density at radius 2 is 1.81 bits per heavy atom. The summed E-state index contributed by atoms with van der Waals surface area (Å²) in [5.41, 5.74) is 7.60. The van der Waals surface area contributed by atoms with Gasteiger partial charge in [0, 0.05) is 30.3 Å². The number of non-ortho nitro benzene ring substituents is 1. The molecule has 0 radical (unpaired) electrons. The number of rotatable bonds is 6. The molecule has 0 heterocycles. The molecule has 2 aromatic carbocycles. The van der Waals surface area contributed by atoms with Crippen molar-refractivity contribution in [2.45, 2.75) is 12.8 Å². The summed E-state index contributed by atoms with van der Waals surface area (Å²) >= 11 is 0. The number of benzene rings is 2. The van der Waals surface area contributed by atoms with Crippen LogP contribution >= 0.6 is 0 Å². The minimum atomic E-state index is -1.09. The SMILES string of the molecule is Nc1cccc(CCC(=O)O)c1.O=C(O)/C=C/c1cccc([N+](=O)[O-])c1. The Balaban J connectivity index is 0.000000263. The van der Waals surface area contributed by atoms with Gasteiger partial charge in [-0.05, 0) is 35.8 Å². The highest BCUT2D eigenvalue weighted by atomic mass is 16.6. The second kappa shape index (κ2) is 10.2. The van der Waals surface area contributed by atoms with Crippen LogP contribution < -0.4 is 5.73 Å². The molecule has 0 aromatic heterocycles. The average molecular weight is 358 g/mol. The van der Waals surface area contributed by atoms with Crippen LogP contribution in [0, 0.1) is 10.1 Å². The number of nitrogens with two attached hydrogens (primary N) is 1. The zero-order valence-electron chi connectivity index (χ0n) is 13.7. The van der Waals surface area contributed by atoms with Crippen molar-refractivity contribution in [2.75, 3.05) is 5.73 Å². The summed E-state index contributed by atoms with van der Waals surface area (Å²) in [5, 5.41) is 27.1. The van der Waals surface area contributed by atoms with Crippen molar-refractivity contribution in [2.24, 2.45) is 0 Å². The van der Waals surface area contributed by atoms with Gasteiger partial charge < -0.3 is 15.9 Å². The topological polar surface area (TPSA) is 144 Å². The first-order valence-corrected chi connectivity index (χ1v) is 7.49. The van der Waals surface area contributed by atoms with Gasteiger partial charge in [0.15, 0.2) is 0 Å². The predicted molar refractivity (Wildman–Crippen MR) is 96.6 cm³/mol. The number of nitro benzene ring substituents is 1. The summed E-state index contributed by atoms with van der Waals surface area (Å²) in [6, 6.07) is 13.0. The number of nitrogens with zero attached hydrogens (tertiary/aromatic N) is 1. The van der Waals surface area contributed by atoms with Crippen LogP contribution in [0.3, 0.4) is 0 Å². The Morgan fingerprint density at radius 3 is 2.38 bits per heavy atom. The molecule has 0 fully saturated rings. The van der Waals surface area contributed by atoms with Crippen LogP contribution in [0.1, 0.15) is 17.5 Å². The van der Waals surface area contributed by atoms with E-state index in [2.05, 4.69) is 0 Å². The Bertz CT molecular complexity index is 817. The molecule has 26 heavy (non-hydrogen) atoms. The number of hydrogen-bond acceptors (Lipinski definition) is 5. The van der Waals surface area contributed by atoms with E-state index in [1.165, 1.54) is 24.3 Å². The van der Waals surface area contributed by atoms with Crippen molar-refractivity contribution in [1.82, 2.24) is 0 Å². The summed E-state index contributed by atoms with van der Waals surface area (Å²) in [6.07, 6.45) is 2.93. The summed E-state index contributed by atoms with van der Waals surface area (Å²) in [6.45, 7) is 0.